The molecule has 0 amide bonds. The van der Waals surface area contributed by atoms with Crippen molar-refractivity contribution >= 4 is 16.7 Å². The number of fused-ring (bicyclic) bond motifs is 1. The third-order valence-corrected chi connectivity index (χ3v) is 3.22. The summed E-state index contributed by atoms with van der Waals surface area (Å²) in [6, 6.07) is 17.2. The van der Waals surface area contributed by atoms with Crippen molar-refractivity contribution in [3.63, 3.8) is 0 Å². The van der Waals surface area contributed by atoms with Crippen molar-refractivity contribution < 1.29 is 4.42 Å². The molecule has 0 bridgehead atoms. The molecule has 1 aromatic heterocycles. The fraction of sp³-hybridized carbons (Fsp3) is 0.118. The summed E-state index contributed by atoms with van der Waals surface area (Å²) in [5.41, 5.74) is 2.81. The second-order valence-electron chi connectivity index (χ2n) is 4.59. The lowest BCUT2D eigenvalue weighted by Gasteiger charge is -2.05. The van der Waals surface area contributed by atoms with Crippen LogP contribution in [0.2, 0.25) is 0 Å². The minimum absolute atomic E-state index is 0.306. The third kappa shape index (κ3) is 2.30. The van der Waals surface area contributed by atoms with Gasteiger partial charge in [0.15, 0.2) is 0 Å². The summed E-state index contributed by atoms with van der Waals surface area (Å²) in [6.07, 6.45) is 0. The van der Waals surface area contributed by atoms with E-state index in [4.69, 9.17) is 4.42 Å². The monoisotopic (exact) mass is 265 g/mol. The second kappa shape index (κ2) is 5.21. The van der Waals surface area contributed by atoms with Crippen molar-refractivity contribution in [1.29, 1.82) is 0 Å². The molecular weight excluding hydrogens is 250 g/mol. The van der Waals surface area contributed by atoms with E-state index >= 15 is 0 Å². The van der Waals surface area contributed by atoms with Crippen LogP contribution in [0.1, 0.15) is 6.92 Å². The van der Waals surface area contributed by atoms with E-state index in [1.165, 1.54) is 0 Å². The maximum atomic E-state index is 12.1. The first-order chi connectivity index (χ1) is 9.78. The molecule has 3 nitrogen and oxygen atoms in total. The summed E-state index contributed by atoms with van der Waals surface area (Å²) in [4.78, 5) is 12.1. The van der Waals surface area contributed by atoms with Gasteiger partial charge in [0.05, 0.1) is 5.56 Å². The van der Waals surface area contributed by atoms with Gasteiger partial charge in [-0.05, 0) is 36.8 Å². The number of hydrogen-bond donors (Lipinski definition) is 1. The third-order valence-electron chi connectivity index (χ3n) is 3.22. The van der Waals surface area contributed by atoms with E-state index in [0.29, 0.717) is 11.1 Å². The van der Waals surface area contributed by atoms with Crippen LogP contribution in [0.4, 0.5) is 5.69 Å². The Morgan fingerprint density at radius 3 is 2.55 bits per heavy atom. The Morgan fingerprint density at radius 2 is 1.80 bits per heavy atom. The van der Waals surface area contributed by atoms with Gasteiger partial charge in [-0.25, -0.2) is 4.79 Å². The predicted molar refractivity (Wildman–Crippen MR) is 82.1 cm³/mol. The molecule has 0 spiro atoms. The van der Waals surface area contributed by atoms with Crippen LogP contribution in [0, 0.1) is 0 Å². The first-order valence-corrected chi connectivity index (χ1v) is 6.65. The predicted octanol–water partition coefficient (Wildman–Crippen LogP) is 3.89. The van der Waals surface area contributed by atoms with Crippen LogP contribution in [0.15, 0.2) is 63.8 Å². The summed E-state index contributed by atoms with van der Waals surface area (Å²) in [5.74, 6) is 0. The summed E-state index contributed by atoms with van der Waals surface area (Å²) in [5, 5.41) is 4.16. The first-order valence-electron chi connectivity index (χ1n) is 6.65. The molecule has 2 aromatic carbocycles. The fourth-order valence-corrected chi connectivity index (χ4v) is 2.23. The highest BCUT2D eigenvalue weighted by Gasteiger charge is 2.07. The number of hydrogen-bond acceptors (Lipinski definition) is 3. The molecule has 0 fully saturated rings. The van der Waals surface area contributed by atoms with Crippen molar-refractivity contribution in [2.45, 2.75) is 6.92 Å². The smallest absolute Gasteiger partial charge is 0.344 e. The average molecular weight is 265 g/mol. The molecule has 20 heavy (non-hydrogen) atoms. The standard InChI is InChI=1S/C17H15NO2/c1-2-18-14-9-7-12(8-10-14)15-11-13-5-3-4-6-16(13)20-17(15)19/h3-11,18H,2H2,1H3. The molecule has 0 aliphatic rings. The molecule has 0 atom stereocenters. The SMILES string of the molecule is CCNc1ccc(-c2cc3ccccc3oc2=O)cc1. The van der Waals surface area contributed by atoms with E-state index in [1.54, 1.807) is 6.07 Å². The van der Waals surface area contributed by atoms with E-state index in [2.05, 4.69) is 5.32 Å². The molecule has 0 saturated carbocycles. The fourth-order valence-electron chi connectivity index (χ4n) is 2.23. The number of anilines is 1. The number of benzene rings is 2. The lowest BCUT2D eigenvalue weighted by molar-refractivity contribution is 0.563. The summed E-state index contributed by atoms with van der Waals surface area (Å²) >= 11 is 0. The average Bonchev–Trinajstić information content (AvgIpc) is 2.48. The Morgan fingerprint density at radius 1 is 1.05 bits per heavy atom. The van der Waals surface area contributed by atoms with E-state index in [-0.39, 0.29) is 5.63 Å². The Balaban J connectivity index is 2.09. The Bertz CT molecular complexity index is 788. The van der Waals surface area contributed by atoms with Crippen LogP contribution in [0.25, 0.3) is 22.1 Å². The summed E-state index contributed by atoms with van der Waals surface area (Å²) in [7, 11) is 0. The maximum absolute atomic E-state index is 12.1. The molecule has 0 saturated heterocycles. The highest BCUT2D eigenvalue weighted by molar-refractivity contribution is 5.81. The molecule has 3 rings (SSSR count). The van der Waals surface area contributed by atoms with Crippen molar-refractivity contribution in [2.24, 2.45) is 0 Å². The Labute approximate surface area is 116 Å². The molecule has 0 aliphatic carbocycles. The van der Waals surface area contributed by atoms with Gasteiger partial charge in [-0.15, -0.1) is 0 Å². The highest BCUT2D eigenvalue weighted by atomic mass is 16.4. The minimum atomic E-state index is -0.306. The number of nitrogens with one attached hydrogen (secondary N) is 1. The first kappa shape index (κ1) is 12.5. The van der Waals surface area contributed by atoms with E-state index in [9.17, 15) is 4.79 Å². The maximum Gasteiger partial charge on any atom is 0.344 e. The van der Waals surface area contributed by atoms with Gasteiger partial charge in [0.1, 0.15) is 5.58 Å². The van der Waals surface area contributed by atoms with Crippen LogP contribution in [-0.2, 0) is 0 Å². The van der Waals surface area contributed by atoms with E-state index in [1.807, 2.05) is 55.5 Å². The Hall–Kier alpha value is -2.55. The zero-order valence-corrected chi connectivity index (χ0v) is 11.2. The number of rotatable bonds is 3. The molecule has 100 valence electrons. The quantitative estimate of drug-likeness (QED) is 0.730. The van der Waals surface area contributed by atoms with Gasteiger partial charge in [-0.2, -0.15) is 0 Å². The molecule has 1 N–H and O–H groups in total. The minimum Gasteiger partial charge on any atom is -0.422 e. The molecular formula is C17H15NO2. The van der Waals surface area contributed by atoms with Crippen molar-refractivity contribution in [3.05, 3.63) is 65.0 Å². The molecule has 0 radical (unpaired) electrons. The van der Waals surface area contributed by atoms with Gasteiger partial charge in [0.2, 0.25) is 0 Å². The largest absolute Gasteiger partial charge is 0.422 e. The van der Waals surface area contributed by atoms with Crippen LogP contribution >= 0.6 is 0 Å². The Kier molecular flexibility index (Phi) is 3.25. The van der Waals surface area contributed by atoms with E-state index < -0.39 is 0 Å². The topological polar surface area (TPSA) is 42.2 Å². The van der Waals surface area contributed by atoms with Crippen LogP contribution in [0.5, 0.6) is 0 Å². The normalized spacial score (nSPS) is 10.7. The second-order valence-corrected chi connectivity index (χ2v) is 4.59. The number of para-hydroxylation sites is 1. The molecule has 0 aliphatic heterocycles. The van der Waals surface area contributed by atoms with Gasteiger partial charge < -0.3 is 9.73 Å². The zero-order chi connectivity index (χ0) is 13.9. The highest BCUT2D eigenvalue weighted by Crippen LogP contribution is 2.22. The summed E-state index contributed by atoms with van der Waals surface area (Å²) < 4.78 is 5.35. The molecule has 1 heterocycles. The molecule has 0 unspecified atom stereocenters. The van der Waals surface area contributed by atoms with Gasteiger partial charge in [0, 0.05) is 17.6 Å². The van der Waals surface area contributed by atoms with Gasteiger partial charge in [-0.1, -0.05) is 30.3 Å². The van der Waals surface area contributed by atoms with Gasteiger partial charge in [0.25, 0.3) is 0 Å². The summed E-state index contributed by atoms with van der Waals surface area (Å²) in [6.45, 7) is 2.92. The van der Waals surface area contributed by atoms with Crippen molar-refractivity contribution in [3.8, 4) is 11.1 Å². The van der Waals surface area contributed by atoms with Gasteiger partial charge >= 0.3 is 5.63 Å². The van der Waals surface area contributed by atoms with Crippen molar-refractivity contribution in [1.82, 2.24) is 0 Å². The van der Waals surface area contributed by atoms with Crippen LogP contribution in [-0.4, -0.2) is 6.54 Å². The lowest BCUT2D eigenvalue weighted by atomic mass is 10.1. The molecule has 3 aromatic rings. The van der Waals surface area contributed by atoms with E-state index in [0.717, 1.165) is 23.2 Å². The molecule has 3 heteroatoms. The zero-order valence-electron chi connectivity index (χ0n) is 11.2. The van der Waals surface area contributed by atoms with Crippen LogP contribution in [0.3, 0.4) is 0 Å². The van der Waals surface area contributed by atoms with Crippen molar-refractivity contribution in [2.75, 3.05) is 11.9 Å². The van der Waals surface area contributed by atoms with Crippen LogP contribution < -0.4 is 10.9 Å². The lowest BCUT2D eigenvalue weighted by Crippen LogP contribution is -2.02. The van der Waals surface area contributed by atoms with Gasteiger partial charge in [-0.3, -0.25) is 0 Å².